The maximum absolute atomic E-state index is 13.4. The van der Waals surface area contributed by atoms with E-state index >= 15 is 0 Å². The monoisotopic (exact) mass is 373 g/mol. The van der Waals surface area contributed by atoms with E-state index in [1.807, 2.05) is 0 Å². The van der Waals surface area contributed by atoms with E-state index < -0.39 is 10.0 Å². The van der Waals surface area contributed by atoms with E-state index in [-0.39, 0.29) is 16.4 Å². The summed E-state index contributed by atoms with van der Waals surface area (Å²) < 4.78 is 36.2. The van der Waals surface area contributed by atoms with Crippen LogP contribution in [-0.4, -0.2) is 8.42 Å². The first kappa shape index (κ1) is 15.7. The lowest BCUT2D eigenvalue weighted by Gasteiger charge is -2.13. The number of halogens is 2. The zero-order valence-electron chi connectivity index (χ0n) is 11.0. The predicted molar refractivity (Wildman–Crippen MR) is 84.3 cm³/mol. The Hall–Kier alpha value is -1.64. The Labute approximate surface area is 130 Å². The fraction of sp³-hybridized carbons (Fsp3) is 0.0769. The van der Waals surface area contributed by atoms with Crippen molar-refractivity contribution >= 4 is 43.0 Å². The van der Waals surface area contributed by atoms with Gasteiger partial charge in [0.1, 0.15) is 5.82 Å². The normalized spacial score (nSPS) is 11.4. The maximum atomic E-state index is 13.4. The second-order valence-corrected chi connectivity index (χ2v) is 6.92. The smallest absolute Gasteiger partial charge is 0.238 e. The zero-order valence-corrected chi connectivity index (χ0v) is 13.4. The number of anilines is 3. The topological polar surface area (TPSA) is 98.2 Å². The van der Waals surface area contributed by atoms with Crippen LogP contribution in [0.25, 0.3) is 0 Å². The summed E-state index contributed by atoms with van der Waals surface area (Å²) in [5, 5.41) is 8.07. The van der Waals surface area contributed by atoms with E-state index in [9.17, 15) is 12.8 Å². The van der Waals surface area contributed by atoms with Gasteiger partial charge in [-0.1, -0.05) is 0 Å². The Morgan fingerprint density at radius 2 is 1.86 bits per heavy atom. The second kappa shape index (κ2) is 5.63. The Morgan fingerprint density at radius 3 is 2.43 bits per heavy atom. The van der Waals surface area contributed by atoms with Crippen LogP contribution in [0.5, 0.6) is 0 Å². The zero-order chi connectivity index (χ0) is 15.8. The molecule has 0 fully saturated rings. The van der Waals surface area contributed by atoms with Gasteiger partial charge in [0.2, 0.25) is 10.0 Å². The van der Waals surface area contributed by atoms with E-state index in [2.05, 4.69) is 21.2 Å². The number of nitrogens with two attached hydrogens (primary N) is 2. The quantitative estimate of drug-likeness (QED) is 0.720. The van der Waals surface area contributed by atoms with Gasteiger partial charge in [-0.05, 0) is 58.7 Å². The summed E-state index contributed by atoms with van der Waals surface area (Å²) in [6.45, 7) is 1.74. The van der Waals surface area contributed by atoms with Crippen LogP contribution in [0.1, 0.15) is 5.56 Å². The largest absolute Gasteiger partial charge is 0.397 e. The molecule has 2 rings (SSSR count). The third kappa shape index (κ3) is 3.52. The number of primary sulfonamides is 1. The van der Waals surface area contributed by atoms with Crippen molar-refractivity contribution in [3.63, 3.8) is 0 Å². The summed E-state index contributed by atoms with van der Waals surface area (Å²) in [6, 6.07) is 7.08. The van der Waals surface area contributed by atoms with Crippen LogP contribution in [0.2, 0.25) is 0 Å². The highest BCUT2D eigenvalue weighted by atomic mass is 79.9. The van der Waals surface area contributed by atoms with Crippen LogP contribution in [0.3, 0.4) is 0 Å². The summed E-state index contributed by atoms with van der Waals surface area (Å²) >= 11 is 3.11. The third-order valence-corrected chi connectivity index (χ3v) is 4.41. The van der Waals surface area contributed by atoms with Gasteiger partial charge in [-0.25, -0.2) is 17.9 Å². The molecule has 0 saturated carbocycles. The Morgan fingerprint density at radius 1 is 1.19 bits per heavy atom. The molecule has 8 heteroatoms. The predicted octanol–water partition coefficient (Wildman–Crippen LogP) is 2.87. The molecular formula is C13H13BrFN3O2S. The fourth-order valence-electron chi connectivity index (χ4n) is 1.76. The van der Waals surface area contributed by atoms with Crippen molar-refractivity contribution in [2.75, 3.05) is 11.1 Å². The standard InChI is InChI=1S/C13H13BrFN3O2S/c1-7-4-10(15)9(14)6-13(7)18-12-3-2-8(5-11(12)16)21(17,19)20/h2-6,18H,16H2,1H3,(H2,17,19,20). The minimum atomic E-state index is -3.80. The minimum absolute atomic E-state index is 0.0671. The molecule has 21 heavy (non-hydrogen) atoms. The van der Waals surface area contributed by atoms with E-state index in [0.717, 1.165) is 0 Å². The molecule has 0 aliphatic heterocycles. The van der Waals surface area contributed by atoms with Gasteiger partial charge in [0.25, 0.3) is 0 Å². The van der Waals surface area contributed by atoms with Gasteiger partial charge in [-0.15, -0.1) is 0 Å². The SMILES string of the molecule is Cc1cc(F)c(Br)cc1Nc1ccc(S(N)(=O)=O)cc1N. The van der Waals surface area contributed by atoms with Gasteiger partial charge in [-0.3, -0.25) is 0 Å². The average Bonchev–Trinajstić information content (AvgIpc) is 2.36. The van der Waals surface area contributed by atoms with Gasteiger partial charge >= 0.3 is 0 Å². The molecule has 112 valence electrons. The molecule has 0 unspecified atom stereocenters. The molecule has 0 amide bonds. The summed E-state index contributed by atoms with van der Waals surface area (Å²) in [5.41, 5.74) is 7.88. The highest BCUT2D eigenvalue weighted by Gasteiger charge is 2.11. The molecule has 0 atom stereocenters. The first-order valence-electron chi connectivity index (χ1n) is 5.83. The van der Waals surface area contributed by atoms with Crippen LogP contribution < -0.4 is 16.2 Å². The Kier molecular flexibility index (Phi) is 4.22. The van der Waals surface area contributed by atoms with Crippen LogP contribution in [-0.2, 0) is 10.0 Å². The van der Waals surface area contributed by atoms with Crippen molar-refractivity contribution in [1.29, 1.82) is 0 Å². The van der Waals surface area contributed by atoms with Crippen LogP contribution in [0, 0.1) is 12.7 Å². The van der Waals surface area contributed by atoms with E-state index in [4.69, 9.17) is 10.9 Å². The van der Waals surface area contributed by atoms with Gasteiger partial charge in [0, 0.05) is 5.69 Å². The van der Waals surface area contributed by atoms with Crippen molar-refractivity contribution in [2.24, 2.45) is 5.14 Å². The maximum Gasteiger partial charge on any atom is 0.238 e. The summed E-state index contributed by atoms with van der Waals surface area (Å²) in [7, 11) is -3.80. The van der Waals surface area contributed by atoms with Crippen molar-refractivity contribution < 1.29 is 12.8 Å². The highest BCUT2D eigenvalue weighted by molar-refractivity contribution is 9.10. The van der Waals surface area contributed by atoms with E-state index in [1.54, 1.807) is 13.0 Å². The number of hydrogen-bond donors (Lipinski definition) is 3. The van der Waals surface area contributed by atoms with Crippen LogP contribution in [0.4, 0.5) is 21.5 Å². The molecule has 2 aromatic rings. The number of benzene rings is 2. The molecule has 0 aliphatic rings. The molecule has 0 heterocycles. The molecule has 0 aromatic heterocycles. The van der Waals surface area contributed by atoms with Gasteiger partial charge in [0.05, 0.1) is 20.7 Å². The van der Waals surface area contributed by atoms with Gasteiger partial charge < -0.3 is 11.1 Å². The molecule has 5 nitrogen and oxygen atoms in total. The fourth-order valence-corrected chi connectivity index (χ4v) is 2.65. The summed E-state index contributed by atoms with van der Waals surface area (Å²) in [4.78, 5) is -0.0671. The van der Waals surface area contributed by atoms with E-state index in [0.29, 0.717) is 21.4 Å². The lowest BCUT2D eigenvalue weighted by molar-refractivity contribution is 0.598. The second-order valence-electron chi connectivity index (χ2n) is 4.50. The molecule has 5 N–H and O–H groups in total. The van der Waals surface area contributed by atoms with E-state index in [1.165, 1.54) is 24.3 Å². The number of rotatable bonds is 3. The highest BCUT2D eigenvalue weighted by Crippen LogP contribution is 2.30. The van der Waals surface area contributed by atoms with Crippen LogP contribution >= 0.6 is 15.9 Å². The molecule has 0 spiro atoms. The number of nitrogens with one attached hydrogen (secondary N) is 1. The number of sulfonamides is 1. The first-order chi connectivity index (χ1) is 9.68. The Balaban J connectivity index is 2.39. The van der Waals surface area contributed by atoms with Crippen molar-refractivity contribution in [3.05, 3.63) is 46.2 Å². The number of hydrogen-bond acceptors (Lipinski definition) is 4. The summed E-state index contributed by atoms with van der Waals surface area (Å²) in [5.74, 6) is -0.365. The lowest BCUT2D eigenvalue weighted by atomic mass is 10.2. The first-order valence-corrected chi connectivity index (χ1v) is 8.17. The van der Waals surface area contributed by atoms with Gasteiger partial charge in [0.15, 0.2) is 0 Å². The Bertz CT molecular complexity index is 809. The molecule has 0 bridgehead atoms. The number of aryl methyl sites for hydroxylation is 1. The van der Waals surface area contributed by atoms with Crippen molar-refractivity contribution in [1.82, 2.24) is 0 Å². The van der Waals surface area contributed by atoms with Crippen molar-refractivity contribution in [3.8, 4) is 0 Å². The minimum Gasteiger partial charge on any atom is -0.397 e. The molecule has 0 saturated heterocycles. The summed E-state index contributed by atoms with van der Waals surface area (Å²) in [6.07, 6.45) is 0. The third-order valence-electron chi connectivity index (χ3n) is 2.89. The average molecular weight is 374 g/mol. The molecular weight excluding hydrogens is 361 g/mol. The van der Waals surface area contributed by atoms with Crippen LogP contribution in [0.15, 0.2) is 39.7 Å². The molecule has 0 aliphatic carbocycles. The number of nitrogen functional groups attached to an aromatic ring is 1. The van der Waals surface area contributed by atoms with Crippen molar-refractivity contribution in [2.45, 2.75) is 11.8 Å². The molecule has 0 radical (unpaired) electrons. The van der Waals surface area contributed by atoms with Gasteiger partial charge in [-0.2, -0.15) is 0 Å². The molecule has 2 aromatic carbocycles. The lowest BCUT2D eigenvalue weighted by Crippen LogP contribution is -2.12.